The van der Waals surface area contributed by atoms with Gasteiger partial charge in [-0.05, 0) is 31.0 Å². The quantitative estimate of drug-likeness (QED) is 0.864. The maximum absolute atomic E-state index is 12.1. The van der Waals surface area contributed by atoms with E-state index >= 15 is 0 Å². The number of rotatable bonds is 4. The molecule has 0 saturated heterocycles. The molecule has 0 aliphatic carbocycles. The van der Waals surface area contributed by atoms with Gasteiger partial charge < -0.3 is 10.4 Å². The van der Waals surface area contributed by atoms with E-state index in [-0.39, 0.29) is 31.4 Å². The number of carbonyl (C=O) groups is 2. The van der Waals surface area contributed by atoms with Crippen molar-refractivity contribution >= 4 is 23.2 Å². The number of benzene rings is 1. The highest BCUT2D eigenvalue weighted by Crippen LogP contribution is 2.25. The van der Waals surface area contributed by atoms with Gasteiger partial charge in [0.2, 0.25) is 5.91 Å². The number of hydrogen-bond acceptors (Lipinski definition) is 4. The van der Waals surface area contributed by atoms with Gasteiger partial charge in [-0.3, -0.25) is 9.59 Å². The first kappa shape index (κ1) is 15.2. The summed E-state index contributed by atoms with van der Waals surface area (Å²) in [6, 6.07) is 5.77. The van der Waals surface area contributed by atoms with Crippen molar-refractivity contribution in [1.82, 2.24) is 5.32 Å². The highest BCUT2D eigenvalue weighted by molar-refractivity contribution is 6.40. The zero-order valence-corrected chi connectivity index (χ0v) is 12.2. The lowest BCUT2D eigenvalue weighted by atomic mass is 10.1. The molecule has 2 N–H and O–H groups in total. The Balaban J connectivity index is 2.30. The maximum atomic E-state index is 12.1. The molecule has 6 heteroatoms. The van der Waals surface area contributed by atoms with Gasteiger partial charge >= 0.3 is 0 Å². The number of aliphatic hydroxyl groups is 1. The molecule has 0 aromatic heterocycles. The molecule has 0 atom stereocenters. The summed E-state index contributed by atoms with van der Waals surface area (Å²) in [4.78, 5) is 24.0. The first-order valence-electron chi connectivity index (χ1n) is 6.89. The summed E-state index contributed by atoms with van der Waals surface area (Å²) in [6.07, 6.45) is 0.566. The van der Waals surface area contributed by atoms with Crippen LogP contribution in [-0.2, 0) is 9.59 Å². The van der Waals surface area contributed by atoms with E-state index in [0.717, 1.165) is 11.1 Å². The largest absolute Gasteiger partial charge is 0.395 e. The summed E-state index contributed by atoms with van der Waals surface area (Å²) < 4.78 is 0. The Morgan fingerprint density at radius 2 is 2.14 bits per heavy atom. The summed E-state index contributed by atoms with van der Waals surface area (Å²) in [6.45, 7) is 3.89. The van der Waals surface area contributed by atoms with Gasteiger partial charge in [-0.1, -0.05) is 12.1 Å². The second kappa shape index (κ2) is 6.49. The number of nitrogens with one attached hydrogen (secondary N) is 1. The molecule has 2 amide bonds. The van der Waals surface area contributed by atoms with Gasteiger partial charge in [0.15, 0.2) is 0 Å². The Morgan fingerprint density at radius 3 is 2.86 bits per heavy atom. The van der Waals surface area contributed by atoms with E-state index in [1.807, 2.05) is 32.0 Å². The SMILES string of the molecule is Cc1ccc(C)c(N2N=C(C(=O)NCCO)CCC2=O)c1. The van der Waals surface area contributed by atoms with E-state index in [9.17, 15) is 9.59 Å². The summed E-state index contributed by atoms with van der Waals surface area (Å²) in [5.41, 5.74) is 2.96. The second-order valence-corrected chi connectivity index (χ2v) is 5.02. The van der Waals surface area contributed by atoms with Crippen LogP contribution in [0.4, 0.5) is 5.69 Å². The average Bonchev–Trinajstić information content (AvgIpc) is 2.48. The second-order valence-electron chi connectivity index (χ2n) is 5.02. The van der Waals surface area contributed by atoms with E-state index in [4.69, 9.17) is 5.11 Å². The minimum atomic E-state index is -0.341. The minimum absolute atomic E-state index is 0.123. The zero-order chi connectivity index (χ0) is 15.4. The summed E-state index contributed by atoms with van der Waals surface area (Å²) >= 11 is 0. The zero-order valence-electron chi connectivity index (χ0n) is 12.2. The Morgan fingerprint density at radius 1 is 1.38 bits per heavy atom. The molecule has 0 fully saturated rings. The number of aryl methyl sites for hydroxylation is 2. The third-order valence-electron chi connectivity index (χ3n) is 3.28. The van der Waals surface area contributed by atoms with Crippen molar-refractivity contribution in [3.63, 3.8) is 0 Å². The smallest absolute Gasteiger partial charge is 0.267 e. The normalized spacial score (nSPS) is 14.9. The van der Waals surface area contributed by atoms with Gasteiger partial charge in [-0.2, -0.15) is 5.10 Å². The fourth-order valence-corrected chi connectivity index (χ4v) is 2.12. The van der Waals surface area contributed by atoms with Crippen LogP contribution in [0, 0.1) is 13.8 Å². The molecule has 1 heterocycles. The molecule has 1 aliphatic heterocycles. The van der Waals surface area contributed by atoms with Gasteiger partial charge in [-0.15, -0.1) is 0 Å². The fraction of sp³-hybridized carbons (Fsp3) is 0.400. The third-order valence-corrected chi connectivity index (χ3v) is 3.28. The summed E-state index contributed by atoms with van der Waals surface area (Å²) in [7, 11) is 0. The molecular formula is C15H19N3O3. The molecule has 0 radical (unpaired) electrons. The highest BCUT2D eigenvalue weighted by Gasteiger charge is 2.26. The molecule has 0 bridgehead atoms. The molecule has 2 rings (SSSR count). The van der Waals surface area contributed by atoms with Crippen LogP contribution >= 0.6 is 0 Å². The van der Waals surface area contributed by atoms with E-state index in [1.54, 1.807) is 0 Å². The average molecular weight is 289 g/mol. The minimum Gasteiger partial charge on any atom is -0.395 e. The van der Waals surface area contributed by atoms with Gasteiger partial charge in [0.25, 0.3) is 5.91 Å². The van der Waals surface area contributed by atoms with Gasteiger partial charge in [-0.25, -0.2) is 5.01 Å². The van der Waals surface area contributed by atoms with Crippen LogP contribution in [0.2, 0.25) is 0 Å². The van der Waals surface area contributed by atoms with Crippen molar-refractivity contribution in [2.75, 3.05) is 18.2 Å². The van der Waals surface area contributed by atoms with Crippen LogP contribution in [0.25, 0.3) is 0 Å². The van der Waals surface area contributed by atoms with Crippen molar-refractivity contribution in [1.29, 1.82) is 0 Å². The molecule has 1 aliphatic rings. The monoisotopic (exact) mass is 289 g/mol. The highest BCUT2D eigenvalue weighted by atomic mass is 16.3. The predicted molar refractivity (Wildman–Crippen MR) is 80.2 cm³/mol. The lowest BCUT2D eigenvalue weighted by molar-refractivity contribution is -0.119. The first-order chi connectivity index (χ1) is 10.0. The van der Waals surface area contributed by atoms with Crippen molar-refractivity contribution in [3.05, 3.63) is 29.3 Å². The number of anilines is 1. The summed E-state index contributed by atoms with van der Waals surface area (Å²) in [5.74, 6) is -0.464. The Hall–Kier alpha value is -2.21. The molecule has 1 aromatic carbocycles. The van der Waals surface area contributed by atoms with Gasteiger partial charge in [0, 0.05) is 19.4 Å². The van der Waals surface area contributed by atoms with Crippen molar-refractivity contribution in [3.8, 4) is 0 Å². The van der Waals surface area contributed by atoms with Crippen molar-refractivity contribution < 1.29 is 14.7 Å². The lowest BCUT2D eigenvalue weighted by Gasteiger charge is -2.24. The number of nitrogens with zero attached hydrogens (tertiary/aromatic N) is 2. The van der Waals surface area contributed by atoms with Crippen LogP contribution in [0.15, 0.2) is 23.3 Å². The predicted octanol–water partition coefficient (Wildman–Crippen LogP) is 0.895. The van der Waals surface area contributed by atoms with E-state index < -0.39 is 0 Å². The van der Waals surface area contributed by atoms with Crippen LogP contribution in [0.1, 0.15) is 24.0 Å². The van der Waals surface area contributed by atoms with Crippen LogP contribution < -0.4 is 10.3 Å². The molecule has 21 heavy (non-hydrogen) atoms. The van der Waals surface area contributed by atoms with Crippen LogP contribution in [0.3, 0.4) is 0 Å². The lowest BCUT2D eigenvalue weighted by Crippen LogP contribution is -2.40. The first-order valence-corrected chi connectivity index (χ1v) is 6.89. The Labute approximate surface area is 123 Å². The van der Waals surface area contributed by atoms with E-state index in [2.05, 4.69) is 10.4 Å². The summed E-state index contributed by atoms with van der Waals surface area (Å²) in [5, 5.41) is 16.8. The standard InChI is InChI=1S/C15H19N3O3/c1-10-3-4-11(2)13(9-10)18-14(20)6-5-12(17-18)15(21)16-7-8-19/h3-4,9,19H,5-8H2,1-2H3,(H,16,21). The fourth-order valence-electron chi connectivity index (χ4n) is 2.12. The Bertz CT molecular complexity index is 596. The molecular weight excluding hydrogens is 270 g/mol. The number of aliphatic hydroxyl groups excluding tert-OH is 1. The maximum Gasteiger partial charge on any atom is 0.267 e. The molecule has 112 valence electrons. The molecule has 6 nitrogen and oxygen atoms in total. The van der Waals surface area contributed by atoms with Gasteiger partial charge in [0.05, 0.1) is 12.3 Å². The Kier molecular flexibility index (Phi) is 4.70. The van der Waals surface area contributed by atoms with E-state index in [1.165, 1.54) is 5.01 Å². The number of hydrogen-bond donors (Lipinski definition) is 2. The molecule has 0 spiro atoms. The van der Waals surface area contributed by atoms with Crippen molar-refractivity contribution in [2.24, 2.45) is 5.10 Å². The van der Waals surface area contributed by atoms with Crippen LogP contribution in [-0.4, -0.2) is 35.8 Å². The third kappa shape index (κ3) is 3.46. The molecule has 1 aromatic rings. The van der Waals surface area contributed by atoms with Gasteiger partial charge in [0.1, 0.15) is 5.71 Å². The number of amides is 2. The molecule has 0 saturated carbocycles. The van der Waals surface area contributed by atoms with Crippen molar-refractivity contribution in [2.45, 2.75) is 26.7 Å². The number of carbonyl (C=O) groups excluding carboxylic acids is 2. The topological polar surface area (TPSA) is 82.0 Å². The van der Waals surface area contributed by atoms with E-state index in [0.29, 0.717) is 17.8 Å². The molecule has 0 unspecified atom stereocenters. The van der Waals surface area contributed by atoms with Crippen LogP contribution in [0.5, 0.6) is 0 Å². The number of hydrazone groups is 1.